The van der Waals surface area contributed by atoms with Crippen LogP contribution >= 0.6 is 0 Å². The summed E-state index contributed by atoms with van der Waals surface area (Å²) in [6, 6.07) is 2.05. The highest BCUT2D eigenvalue weighted by Gasteiger charge is 2.23. The van der Waals surface area contributed by atoms with E-state index >= 15 is 0 Å². The van der Waals surface area contributed by atoms with Crippen LogP contribution in [0.3, 0.4) is 0 Å². The number of hydrogen-bond acceptors (Lipinski definition) is 5. The van der Waals surface area contributed by atoms with E-state index in [0.717, 1.165) is 13.1 Å². The highest BCUT2D eigenvalue weighted by Crippen LogP contribution is 2.17. The summed E-state index contributed by atoms with van der Waals surface area (Å²) in [6.07, 6.45) is 0.977. The average Bonchev–Trinajstić information content (AvgIpc) is 2.62. The largest absolute Gasteiger partial charge is 0.312 e. The summed E-state index contributed by atoms with van der Waals surface area (Å²) in [5.41, 5.74) is 0. The Bertz CT molecular complexity index is 374. The van der Waals surface area contributed by atoms with Crippen LogP contribution in [0.5, 0.6) is 0 Å². The van der Waals surface area contributed by atoms with Gasteiger partial charge >= 0.3 is 0 Å². The summed E-state index contributed by atoms with van der Waals surface area (Å²) < 4.78 is 1.79. The van der Waals surface area contributed by atoms with Crippen LogP contribution in [-0.2, 0) is 9.63 Å². The van der Waals surface area contributed by atoms with Crippen LogP contribution in [0, 0.1) is 0 Å². The van der Waals surface area contributed by atoms with Gasteiger partial charge in [0.25, 0.3) is 5.91 Å². The van der Waals surface area contributed by atoms with Gasteiger partial charge in [-0.1, -0.05) is 0 Å². The summed E-state index contributed by atoms with van der Waals surface area (Å²) in [7, 11) is 0. The van der Waals surface area contributed by atoms with Crippen molar-refractivity contribution in [3.63, 3.8) is 0 Å². The monoisotopic (exact) mass is 225 g/mol. The molecule has 1 aliphatic heterocycles. The zero-order chi connectivity index (χ0) is 11.5. The minimum atomic E-state index is -0.678. The van der Waals surface area contributed by atoms with E-state index in [2.05, 4.69) is 20.6 Å². The summed E-state index contributed by atoms with van der Waals surface area (Å²) in [5, 5.41) is 10.0. The standard InChI is InChI=1S/C9H15N5O2/c1-6(16-10)9(15)13-8-2-3-12-14(8)7-4-11-5-7/h2-3,6-7,11H,4-5,10H2,1H3,(H,13,15). The lowest BCUT2D eigenvalue weighted by molar-refractivity contribution is -0.126. The zero-order valence-corrected chi connectivity index (χ0v) is 9.01. The summed E-state index contributed by atoms with van der Waals surface area (Å²) in [6.45, 7) is 3.32. The summed E-state index contributed by atoms with van der Waals surface area (Å²) in [4.78, 5) is 16.0. The first-order valence-electron chi connectivity index (χ1n) is 5.13. The number of nitrogens with two attached hydrogens (primary N) is 1. The third-order valence-corrected chi connectivity index (χ3v) is 2.60. The molecule has 4 N–H and O–H groups in total. The number of nitrogens with zero attached hydrogens (tertiary/aromatic N) is 2. The van der Waals surface area contributed by atoms with Crippen molar-refractivity contribution in [1.29, 1.82) is 0 Å². The lowest BCUT2D eigenvalue weighted by Crippen LogP contribution is -2.44. The van der Waals surface area contributed by atoms with E-state index in [-0.39, 0.29) is 5.91 Å². The molecule has 0 bridgehead atoms. The van der Waals surface area contributed by atoms with E-state index < -0.39 is 6.10 Å². The molecule has 16 heavy (non-hydrogen) atoms. The van der Waals surface area contributed by atoms with Crippen LogP contribution in [0.1, 0.15) is 13.0 Å². The second-order valence-corrected chi connectivity index (χ2v) is 3.74. The van der Waals surface area contributed by atoms with Gasteiger partial charge in [-0.3, -0.25) is 9.63 Å². The molecule has 0 saturated carbocycles. The molecule has 1 atom stereocenters. The van der Waals surface area contributed by atoms with Gasteiger partial charge < -0.3 is 10.6 Å². The van der Waals surface area contributed by atoms with Gasteiger partial charge in [0.05, 0.1) is 12.2 Å². The van der Waals surface area contributed by atoms with E-state index in [9.17, 15) is 4.79 Å². The Balaban J connectivity index is 2.03. The molecule has 7 heteroatoms. The molecule has 1 amide bonds. The van der Waals surface area contributed by atoms with Crippen molar-refractivity contribution in [1.82, 2.24) is 15.1 Å². The van der Waals surface area contributed by atoms with Crippen LogP contribution in [-0.4, -0.2) is 34.9 Å². The smallest absolute Gasteiger partial charge is 0.256 e. The third-order valence-electron chi connectivity index (χ3n) is 2.60. The molecule has 88 valence electrons. The Morgan fingerprint density at radius 2 is 2.56 bits per heavy atom. The van der Waals surface area contributed by atoms with Crippen molar-refractivity contribution in [2.45, 2.75) is 19.1 Å². The number of aromatic nitrogens is 2. The van der Waals surface area contributed by atoms with E-state index in [1.165, 1.54) is 0 Å². The zero-order valence-electron chi connectivity index (χ0n) is 9.01. The van der Waals surface area contributed by atoms with Gasteiger partial charge in [-0.2, -0.15) is 5.10 Å². The quantitative estimate of drug-likeness (QED) is 0.586. The Kier molecular flexibility index (Phi) is 3.18. The van der Waals surface area contributed by atoms with E-state index in [4.69, 9.17) is 5.90 Å². The van der Waals surface area contributed by atoms with Crippen molar-refractivity contribution in [2.24, 2.45) is 5.90 Å². The minimum Gasteiger partial charge on any atom is -0.312 e. The fourth-order valence-electron chi connectivity index (χ4n) is 1.44. The Hall–Kier alpha value is -1.44. The number of rotatable bonds is 4. The van der Waals surface area contributed by atoms with E-state index in [1.54, 1.807) is 23.9 Å². The fourth-order valence-corrected chi connectivity index (χ4v) is 1.44. The maximum absolute atomic E-state index is 11.5. The lowest BCUT2D eigenvalue weighted by atomic mass is 10.2. The van der Waals surface area contributed by atoms with Gasteiger partial charge in [-0.15, -0.1) is 0 Å². The number of nitrogens with one attached hydrogen (secondary N) is 2. The van der Waals surface area contributed by atoms with Gasteiger partial charge in [-0.05, 0) is 6.92 Å². The van der Waals surface area contributed by atoms with Crippen molar-refractivity contribution in [3.8, 4) is 0 Å². The molecule has 2 heterocycles. The first-order chi connectivity index (χ1) is 7.72. The normalized spacial score (nSPS) is 17.9. The summed E-state index contributed by atoms with van der Waals surface area (Å²) in [5.74, 6) is 5.33. The topological polar surface area (TPSA) is 94.2 Å². The van der Waals surface area contributed by atoms with Crippen molar-refractivity contribution in [2.75, 3.05) is 18.4 Å². The molecule has 0 radical (unpaired) electrons. The highest BCUT2D eigenvalue weighted by atomic mass is 16.6. The maximum Gasteiger partial charge on any atom is 0.256 e. The number of hydrogen-bond donors (Lipinski definition) is 3. The third kappa shape index (κ3) is 2.06. The van der Waals surface area contributed by atoms with Crippen LogP contribution in [0.2, 0.25) is 0 Å². The van der Waals surface area contributed by atoms with Crippen LogP contribution in [0.4, 0.5) is 5.82 Å². The Labute approximate surface area is 92.9 Å². The molecular weight excluding hydrogens is 210 g/mol. The van der Waals surface area contributed by atoms with Crippen LogP contribution in [0.25, 0.3) is 0 Å². The first kappa shape index (κ1) is 11.1. The molecule has 1 fully saturated rings. The second-order valence-electron chi connectivity index (χ2n) is 3.74. The molecule has 0 spiro atoms. The SMILES string of the molecule is CC(ON)C(=O)Nc1ccnn1C1CNC1. The van der Waals surface area contributed by atoms with Gasteiger partial charge in [0.15, 0.2) is 6.10 Å². The molecule has 1 aromatic rings. The predicted molar refractivity (Wildman–Crippen MR) is 57.5 cm³/mol. The lowest BCUT2D eigenvalue weighted by Gasteiger charge is -2.28. The number of carbonyl (C=O) groups excluding carboxylic acids is 1. The number of carbonyl (C=O) groups is 1. The van der Waals surface area contributed by atoms with Gasteiger partial charge in [-0.25, -0.2) is 10.6 Å². The van der Waals surface area contributed by atoms with Crippen molar-refractivity contribution < 1.29 is 9.63 Å². The van der Waals surface area contributed by atoms with Crippen molar-refractivity contribution in [3.05, 3.63) is 12.3 Å². The fraction of sp³-hybridized carbons (Fsp3) is 0.556. The van der Waals surface area contributed by atoms with Gasteiger partial charge in [0, 0.05) is 19.2 Å². The molecule has 2 rings (SSSR count). The second kappa shape index (κ2) is 4.60. The molecule has 0 aromatic carbocycles. The van der Waals surface area contributed by atoms with Gasteiger partial charge in [0.1, 0.15) is 5.82 Å². The molecule has 0 aliphatic carbocycles. The Morgan fingerprint density at radius 3 is 3.12 bits per heavy atom. The van der Waals surface area contributed by atoms with E-state index in [1.807, 2.05) is 0 Å². The maximum atomic E-state index is 11.5. The Morgan fingerprint density at radius 1 is 1.81 bits per heavy atom. The highest BCUT2D eigenvalue weighted by molar-refractivity contribution is 5.93. The summed E-state index contributed by atoms with van der Waals surface area (Å²) >= 11 is 0. The molecule has 1 saturated heterocycles. The molecular formula is C9H15N5O2. The average molecular weight is 225 g/mol. The predicted octanol–water partition coefficient (Wildman–Crippen LogP) is -0.755. The van der Waals surface area contributed by atoms with E-state index in [0.29, 0.717) is 11.9 Å². The van der Waals surface area contributed by atoms with Crippen LogP contribution < -0.4 is 16.5 Å². The molecule has 1 unspecified atom stereocenters. The number of amides is 1. The minimum absolute atomic E-state index is 0.281. The number of anilines is 1. The van der Waals surface area contributed by atoms with Gasteiger partial charge in [0.2, 0.25) is 0 Å². The van der Waals surface area contributed by atoms with Crippen LogP contribution in [0.15, 0.2) is 12.3 Å². The molecule has 1 aromatic heterocycles. The molecule has 1 aliphatic rings. The van der Waals surface area contributed by atoms with Crippen molar-refractivity contribution >= 4 is 11.7 Å². The molecule has 7 nitrogen and oxygen atoms in total. The first-order valence-corrected chi connectivity index (χ1v) is 5.13.